The molecule has 0 atom stereocenters. The lowest BCUT2D eigenvalue weighted by Gasteiger charge is -2.34. The number of aryl methyl sites for hydroxylation is 1. The molecule has 1 fully saturated rings. The standard InChI is InChI=1S/C20H32N2O4/c1-14-11-17(24-5)16(18(12-14)25-6)13-21-15-7-9-22(10-8-15)19(23)26-20(2,3)4/h11-12,15,21H,7-10,13H2,1-6H3. The number of nitrogens with one attached hydrogen (secondary N) is 1. The van der Waals surface area contributed by atoms with Crippen LogP contribution in [0.15, 0.2) is 12.1 Å². The van der Waals surface area contributed by atoms with E-state index >= 15 is 0 Å². The number of benzene rings is 1. The molecule has 0 spiro atoms. The highest BCUT2D eigenvalue weighted by atomic mass is 16.6. The Bertz CT molecular complexity index is 592. The highest BCUT2D eigenvalue weighted by Gasteiger charge is 2.27. The van der Waals surface area contributed by atoms with Gasteiger partial charge in [0.25, 0.3) is 0 Å². The number of carbonyl (C=O) groups excluding carboxylic acids is 1. The van der Waals surface area contributed by atoms with Gasteiger partial charge in [-0.15, -0.1) is 0 Å². The summed E-state index contributed by atoms with van der Waals surface area (Å²) < 4.78 is 16.5. The predicted octanol–water partition coefficient (Wildman–Crippen LogP) is 3.50. The van der Waals surface area contributed by atoms with Gasteiger partial charge in [-0.1, -0.05) is 0 Å². The Kier molecular flexibility index (Phi) is 6.75. The number of ether oxygens (including phenoxy) is 3. The van der Waals surface area contributed by atoms with E-state index in [1.165, 1.54) is 0 Å². The van der Waals surface area contributed by atoms with Crippen LogP contribution in [0.2, 0.25) is 0 Å². The van der Waals surface area contributed by atoms with Gasteiger partial charge in [-0.05, 0) is 58.2 Å². The van der Waals surface area contributed by atoms with Crippen LogP contribution in [-0.4, -0.2) is 49.9 Å². The SMILES string of the molecule is COc1cc(C)cc(OC)c1CNC1CCN(C(=O)OC(C)(C)C)CC1. The molecule has 1 aliphatic heterocycles. The molecule has 26 heavy (non-hydrogen) atoms. The first kappa shape index (κ1) is 20.4. The van der Waals surface area contributed by atoms with E-state index < -0.39 is 5.60 Å². The number of piperidine rings is 1. The largest absolute Gasteiger partial charge is 0.496 e. The monoisotopic (exact) mass is 364 g/mol. The summed E-state index contributed by atoms with van der Waals surface area (Å²) >= 11 is 0. The third-order valence-electron chi connectivity index (χ3n) is 4.47. The van der Waals surface area contributed by atoms with E-state index in [2.05, 4.69) is 5.32 Å². The molecule has 0 aliphatic carbocycles. The zero-order valence-electron chi connectivity index (χ0n) is 16.8. The van der Waals surface area contributed by atoms with Gasteiger partial charge in [-0.3, -0.25) is 0 Å². The Labute approximate surface area is 156 Å². The van der Waals surface area contributed by atoms with Crippen LogP contribution in [0.3, 0.4) is 0 Å². The zero-order valence-corrected chi connectivity index (χ0v) is 16.8. The summed E-state index contributed by atoms with van der Waals surface area (Å²) in [5.74, 6) is 1.67. The minimum absolute atomic E-state index is 0.224. The van der Waals surface area contributed by atoms with Crippen LogP contribution >= 0.6 is 0 Å². The number of nitrogens with zero attached hydrogens (tertiary/aromatic N) is 1. The van der Waals surface area contributed by atoms with E-state index in [1.54, 1.807) is 19.1 Å². The van der Waals surface area contributed by atoms with Crippen LogP contribution < -0.4 is 14.8 Å². The van der Waals surface area contributed by atoms with Crippen molar-refractivity contribution in [3.8, 4) is 11.5 Å². The number of likely N-dealkylation sites (tertiary alicyclic amines) is 1. The quantitative estimate of drug-likeness (QED) is 0.866. The first-order valence-electron chi connectivity index (χ1n) is 9.16. The summed E-state index contributed by atoms with van der Waals surface area (Å²) in [5.41, 5.74) is 1.67. The molecule has 6 nitrogen and oxygen atoms in total. The molecule has 1 aromatic carbocycles. The fourth-order valence-corrected chi connectivity index (χ4v) is 3.13. The van der Waals surface area contributed by atoms with Crippen molar-refractivity contribution in [3.63, 3.8) is 0 Å². The van der Waals surface area contributed by atoms with Gasteiger partial charge in [-0.2, -0.15) is 0 Å². The third kappa shape index (κ3) is 5.53. The average Bonchev–Trinajstić information content (AvgIpc) is 2.58. The molecule has 1 amide bonds. The maximum atomic E-state index is 12.1. The van der Waals surface area contributed by atoms with Crippen molar-refractivity contribution in [3.05, 3.63) is 23.3 Å². The van der Waals surface area contributed by atoms with E-state index in [0.29, 0.717) is 25.7 Å². The van der Waals surface area contributed by atoms with Crippen LogP contribution in [-0.2, 0) is 11.3 Å². The fourth-order valence-electron chi connectivity index (χ4n) is 3.13. The Morgan fingerprint density at radius 1 is 1.15 bits per heavy atom. The molecular weight excluding hydrogens is 332 g/mol. The molecule has 0 radical (unpaired) electrons. The Hall–Kier alpha value is -1.95. The van der Waals surface area contributed by atoms with Gasteiger partial charge in [0.15, 0.2) is 0 Å². The number of carbonyl (C=O) groups is 1. The predicted molar refractivity (Wildman–Crippen MR) is 102 cm³/mol. The van der Waals surface area contributed by atoms with Crippen molar-refractivity contribution in [2.45, 2.75) is 58.7 Å². The van der Waals surface area contributed by atoms with Crippen molar-refractivity contribution < 1.29 is 19.0 Å². The molecule has 1 aliphatic rings. The fraction of sp³-hybridized carbons (Fsp3) is 0.650. The number of hydrogen-bond acceptors (Lipinski definition) is 5. The first-order valence-corrected chi connectivity index (χ1v) is 9.16. The summed E-state index contributed by atoms with van der Waals surface area (Å²) in [6.07, 6.45) is 1.57. The highest BCUT2D eigenvalue weighted by Crippen LogP contribution is 2.30. The van der Waals surface area contributed by atoms with E-state index in [1.807, 2.05) is 39.8 Å². The van der Waals surface area contributed by atoms with Gasteiger partial charge in [0, 0.05) is 31.2 Å². The smallest absolute Gasteiger partial charge is 0.410 e. The maximum absolute atomic E-state index is 12.1. The zero-order chi connectivity index (χ0) is 19.3. The van der Waals surface area contributed by atoms with Gasteiger partial charge in [0.05, 0.1) is 14.2 Å². The molecule has 2 rings (SSSR count). The van der Waals surface area contributed by atoms with E-state index in [4.69, 9.17) is 14.2 Å². The van der Waals surface area contributed by atoms with Crippen LogP contribution in [0.5, 0.6) is 11.5 Å². The van der Waals surface area contributed by atoms with E-state index in [0.717, 1.165) is 35.5 Å². The molecule has 146 valence electrons. The number of rotatable bonds is 5. The second-order valence-electron chi connectivity index (χ2n) is 7.77. The molecule has 0 bridgehead atoms. The Morgan fingerprint density at radius 3 is 2.15 bits per heavy atom. The Morgan fingerprint density at radius 2 is 1.69 bits per heavy atom. The number of amides is 1. The van der Waals surface area contributed by atoms with Crippen molar-refractivity contribution in [2.24, 2.45) is 0 Å². The lowest BCUT2D eigenvalue weighted by Crippen LogP contribution is -2.46. The van der Waals surface area contributed by atoms with Crippen LogP contribution in [0.1, 0.15) is 44.7 Å². The van der Waals surface area contributed by atoms with Gasteiger partial charge < -0.3 is 24.4 Å². The van der Waals surface area contributed by atoms with Crippen molar-refractivity contribution in [1.82, 2.24) is 10.2 Å². The molecule has 1 saturated heterocycles. The van der Waals surface area contributed by atoms with Gasteiger partial charge in [-0.25, -0.2) is 4.79 Å². The number of methoxy groups -OCH3 is 2. The molecule has 1 N–H and O–H groups in total. The van der Waals surface area contributed by atoms with E-state index in [9.17, 15) is 4.79 Å². The summed E-state index contributed by atoms with van der Waals surface area (Å²) in [6, 6.07) is 4.39. The van der Waals surface area contributed by atoms with Crippen molar-refractivity contribution >= 4 is 6.09 Å². The van der Waals surface area contributed by atoms with Gasteiger partial charge in [0.2, 0.25) is 0 Å². The average molecular weight is 364 g/mol. The molecular formula is C20H32N2O4. The van der Waals surface area contributed by atoms with Crippen LogP contribution in [0.25, 0.3) is 0 Å². The summed E-state index contributed by atoms with van der Waals surface area (Å²) in [4.78, 5) is 13.9. The molecule has 1 aromatic rings. The molecule has 0 aromatic heterocycles. The second kappa shape index (κ2) is 8.62. The second-order valence-corrected chi connectivity index (χ2v) is 7.77. The normalized spacial score (nSPS) is 15.7. The topological polar surface area (TPSA) is 60.0 Å². The van der Waals surface area contributed by atoms with Crippen LogP contribution in [0, 0.1) is 6.92 Å². The third-order valence-corrected chi connectivity index (χ3v) is 4.47. The Balaban J connectivity index is 1.90. The summed E-state index contributed by atoms with van der Waals surface area (Å²) in [5, 5.41) is 3.58. The summed E-state index contributed by atoms with van der Waals surface area (Å²) in [7, 11) is 3.36. The van der Waals surface area contributed by atoms with Crippen molar-refractivity contribution in [2.75, 3.05) is 27.3 Å². The number of hydrogen-bond donors (Lipinski definition) is 1. The maximum Gasteiger partial charge on any atom is 0.410 e. The van der Waals surface area contributed by atoms with Crippen molar-refractivity contribution in [1.29, 1.82) is 0 Å². The first-order chi connectivity index (χ1) is 12.2. The minimum atomic E-state index is -0.454. The van der Waals surface area contributed by atoms with Gasteiger partial charge >= 0.3 is 6.09 Å². The molecule has 6 heteroatoms. The molecule has 0 saturated carbocycles. The lowest BCUT2D eigenvalue weighted by molar-refractivity contribution is 0.0198. The lowest BCUT2D eigenvalue weighted by atomic mass is 10.0. The molecule has 1 heterocycles. The van der Waals surface area contributed by atoms with Gasteiger partial charge in [0.1, 0.15) is 17.1 Å². The highest BCUT2D eigenvalue weighted by molar-refractivity contribution is 5.68. The van der Waals surface area contributed by atoms with E-state index in [-0.39, 0.29) is 6.09 Å². The van der Waals surface area contributed by atoms with Crippen LogP contribution in [0.4, 0.5) is 4.79 Å². The molecule has 0 unspecified atom stereocenters. The summed E-state index contributed by atoms with van der Waals surface area (Å²) in [6.45, 7) is 9.77. The minimum Gasteiger partial charge on any atom is -0.496 e.